The van der Waals surface area contributed by atoms with Crippen LogP contribution in [0, 0.1) is 29.1 Å². The topological polar surface area (TPSA) is 41.0 Å². The predicted molar refractivity (Wildman–Crippen MR) is 124 cm³/mol. The van der Waals surface area contributed by atoms with Gasteiger partial charge < -0.3 is 5.32 Å². The lowest BCUT2D eigenvalue weighted by Gasteiger charge is -2.52. The largest absolute Gasteiger partial charge is 0.337 e. The molecule has 2 fully saturated rings. The molecular weight excluding hydrogens is 388 g/mol. The number of nitrogens with zero attached hydrogens (tertiary/aromatic N) is 3. The molecular formula is C25H34N4S. The van der Waals surface area contributed by atoms with Crippen LogP contribution < -0.4 is 5.32 Å². The van der Waals surface area contributed by atoms with E-state index >= 15 is 0 Å². The van der Waals surface area contributed by atoms with Crippen LogP contribution in [0.3, 0.4) is 0 Å². The van der Waals surface area contributed by atoms with Crippen molar-refractivity contribution < 1.29 is 0 Å². The second-order valence-corrected chi connectivity index (χ2v) is 11.6. The van der Waals surface area contributed by atoms with Crippen LogP contribution in [0.2, 0.25) is 0 Å². The maximum Gasteiger partial charge on any atom is 0.163 e. The van der Waals surface area contributed by atoms with Crippen molar-refractivity contribution in [3.8, 4) is 0 Å². The number of piperidine rings is 1. The van der Waals surface area contributed by atoms with Crippen molar-refractivity contribution in [3.05, 3.63) is 36.2 Å². The van der Waals surface area contributed by atoms with Crippen molar-refractivity contribution in [1.82, 2.24) is 14.9 Å². The number of anilines is 2. The Kier molecular flexibility index (Phi) is 5.30. The minimum absolute atomic E-state index is 0.443. The van der Waals surface area contributed by atoms with Crippen LogP contribution in [0.15, 0.2) is 40.5 Å². The molecule has 5 rings (SSSR count). The Morgan fingerprint density at radius 1 is 1.10 bits per heavy atom. The van der Waals surface area contributed by atoms with Gasteiger partial charge in [0.2, 0.25) is 0 Å². The number of nitrogens with one attached hydrogen (secondary N) is 1. The number of hydrogen-bond acceptors (Lipinski definition) is 5. The van der Waals surface area contributed by atoms with E-state index in [9.17, 15) is 0 Å². The fourth-order valence-electron chi connectivity index (χ4n) is 6.06. The molecule has 2 aliphatic heterocycles. The molecule has 0 spiro atoms. The summed E-state index contributed by atoms with van der Waals surface area (Å²) in [6.45, 7) is 13.3. The van der Waals surface area contributed by atoms with Crippen molar-refractivity contribution in [2.45, 2.75) is 63.4 Å². The Morgan fingerprint density at radius 2 is 1.83 bits per heavy atom. The average Bonchev–Trinajstić information content (AvgIpc) is 2.70. The molecule has 30 heavy (non-hydrogen) atoms. The van der Waals surface area contributed by atoms with Crippen molar-refractivity contribution in [2.75, 3.05) is 18.4 Å². The first kappa shape index (κ1) is 20.3. The number of benzene rings is 1. The average molecular weight is 423 g/mol. The lowest BCUT2D eigenvalue weighted by molar-refractivity contribution is -0.0321. The third kappa shape index (κ3) is 3.87. The van der Waals surface area contributed by atoms with Gasteiger partial charge in [-0.3, -0.25) is 4.90 Å². The third-order valence-corrected chi connectivity index (χ3v) is 8.71. The molecule has 160 valence electrons. The highest BCUT2D eigenvalue weighted by Gasteiger charge is 2.44. The van der Waals surface area contributed by atoms with E-state index in [0.717, 1.165) is 41.1 Å². The lowest BCUT2D eigenvalue weighted by Crippen LogP contribution is -2.51. The highest BCUT2D eigenvalue weighted by atomic mass is 32.2. The van der Waals surface area contributed by atoms with Gasteiger partial charge in [0.1, 0.15) is 5.03 Å². The first-order valence-corrected chi connectivity index (χ1v) is 12.3. The molecule has 1 saturated heterocycles. The van der Waals surface area contributed by atoms with E-state index in [1.165, 1.54) is 48.5 Å². The van der Waals surface area contributed by atoms with Gasteiger partial charge in [0.25, 0.3) is 0 Å². The molecule has 1 saturated carbocycles. The van der Waals surface area contributed by atoms with Crippen LogP contribution in [-0.4, -0.2) is 28.0 Å². The van der Waals surface area contributed by atoms with Gasteiger partial charge in [0.15, 0.2) is 5.82 Å². The zero-order valence-corrected chi connectivity index (χ0v) is 19.5. The molecule has 0 radical (unpaired) electrons. The number of likely N-dealkylation sites (tertiary alicyclic amines) is 1. The van der Waals surface area contributed by atoms with Crippen LogP contribution in [0.25, 0.3) is 0 Å². The normalized spacial score (nSPS) is 28.4. The molecule has 2 bridgehead atoms. The monoisotopic (exact) mass is 422 g/mol. The maximum atomic E-state index is 4.44. The molecule has 3 aliphatic rings. The minimum atomic E-state index is 0.443. The summed E-state index contributed by atoms with van der Waals surface area (Å²) in [4.78, 5) is 12.8. The Bertz CT molecular complexity index is 906. The van der Waals surface area contributed by atoms with Crippen LogP contribution in [-0.2, 0) is 6.54 Å². The fraction of sp³-hybridized carbons (Fsp3) is 0.600. The molecule has 1 N–H and O–H groups in total. The van der Waals surface area contributed by atoms with E-state index in [2.05, 4.69) is 66.1 Å². The Balaban J connectivity index is 1.30. The summed E-state index contributed by atoms with van der Waals surface area (Å²) in [6.07, 6.45) is 7.68. The van der Waals surface area contributed by atoms with Gasteiger partial charge in [0.05, 0.1) is 5.69 Å². The first-order chi connectivity index (χ1) is 14.4. The van der Waals surface area contributed by atoms with Gasteiger partial charge in [-0.1, -0.05) is 51.9 Å². The van der Waals surface area contributed by atoms with Crippen LogP contribution in [0.5, 0.6) is 0 Å². The van der Waals surface area contributed by atoms with Crippen LogP contribution in [0.1, 0.15) is 52.5 Å². The summed E-state index contributed by atoms with van der Waals surface area (Å²) in [7, 11) is 0. The summed E-state index contributed by atoms with van der Waals surface area (Å²) in [5.41, 5.74) is 3.01. The summed E-state index contributed by atoms with van der Waals surface area (Å²) in [6, 6.07) is 6.86. The lowest BCUT2D eigenvalue weighted by atomic mass is 9.59. The summed E-state index contributed by atoms with van der Waals surface area (Å²) < 4.78 is 0. The fourth-order valence-corrected chi connectivity index (χ4v) is 6.94. The van der Waals surface area contributed by atoms with Gasteiger partial charge in [-0.05, 0) is 59.6 Å². The van der Waals surface area contributed by atoms with E-state index in [1.807, 2.05) is 0 Å². The zero-order chi connectivity index (χ0) is 20.9. The Labute approximate surface area is 185 Å². The molecule has 1 aliphatic carbocycles. The van der Waals surface area contributed by atoms with E-state index in [0.29, 0.717) is 5.41 Å². The molecule has 2 unspecified atom stereocenters. The van der Waals surface area contributed by atoms with Crippen molar-refractivity contribution >= 4 is 23.3 Å². The molecule has 3 heterocycles. The Morgan fingerprint density at radius 3 is 2.53 bits per heavy atom. The number of hydrogen-bond donors (Lipinski definition) is 1. The predicted octanol–water partition coefficient (Wildman–Crippen LogP) is 6.22. The zero-order valence-electron chi connectivity index (χ0n) is 18.7. The van der Waals surface area contributed by atoms with Gasteiger partial charge in [-0.2, -0.15) is 0 Å². The molecule has 2 atom stereocenters. The van der Waals surface area contributed by atoms with E-state index < -0.39 is 0 Å². The van der Waals surface area contributed by atoms with Crippen molar-refractivity contribution in [1.29, 1.82) is 0 Å². The van der Waals surface area contributed by atoms with E-state index in [1.54, 1.807) is 24.2 Å². The molecule has 2 aromatic rings. The molecule has 0 amide bonds. The van der Waals surface area contributed by atoms with Gasteiger partial charge in [-0.25, -0.2) is 9.97 Å². The summed E-state index contributed by atoms with van der Waals surface area (Å²) in [5, 5.41) is 4.44. The van der Waals surface area contributed by atoms with E-state index in [4.69, 9.17) is 0 Å². The minimum Gasteiger partial charge on any atom is -0.337 e. The summed E-state index contributed by atoms with van der Waals surface area (Å²) >= 11 is 1.71. The molecule has 4 nitrogen and oxygen atoms in total. The highest BCUT2D eigenvalue weighted by molar-refractivity contribution is 7.99. The third-order valence-electron chi connectivity index (χ3n) is 7.64. The SMILES string of the molecule is CCC1C2CC(C(C)(C)C)CC1CN(Cc1ccc3c(c1)Nc1nccnc1S3)C2. The van der Waals surface area contributed by atoms with Crippen molar-refractivity contribution in [2.24, 2.45) is 29.1 Å². The highest BCUT2D eigenvalue weighted by Crippen LogP contribution is 2.49. The second kappa shape index (κ2) is 7.83. The van der Waals surface area contributed by atoms with Crippen LogP contribution in [0.4, 0.5) is 11.5 Å². The number of rotatable bonds is 3. The molecule has 1 aromatic heterocycles. The van der Waals surface area contributed by atoms with Crippen LogP contribution >= 0.6 is 11.8 Å². The molecule has 5 heteroatoms. The van der Waals surface area contributed by atoms with E-state index in [-0.39, 0.29) is 0 Å². The second-order valence-electron chi connectivity index (χ2n) is 10.6. The van der Waals surface area contributed by atoms with Gasteiger partial charge in [0, 0.05) is 36.9 Å². The standard InChI is InChI=1S/C25H34N4S/c1-5-20-17-11-19(25(2,3)4)12-18(20)15-29(14-17)13-16-6-7-22-21(10-16)28-23-24(30-22)27-9-8-26-23/h6-10,17-20H,5,11-15H2,1-4H3,(H,26,28). The van der Waals surface area contributed by atoms with Gasteiger partial charge in [-0.15, -0.1) is 0 Å². The van der Waals surface area contributed by atoms with Gasteiger partial charge >= 0.3 is 0 Å². The number of fused-ring (bicyclic) bond motifs is 4. The Hall–Kier alpha value is -1.59. The smallest absolute Gasteiger partial charge is 0.163 e. The maximum absolute atomic E-state index is 4.44. The first-order valence-electron chi connectivity index (χ1n) is 11.5. The summed E-state index contributed by atoms with van der Waals surface area (Å²) in [5.74, 6) is 4.40. The number of aromatic nitrogens is 2. The molecule has 1 aromatic carbocycles. The quantitative estimate of drug-likeness (QED) is 0.543. The van der Waals surface area contributed by atoms with Crippen molar-refractivity contribution in [3.63, 3.8) is 0 Å².